The van der Waals surface area contributed by atoms with Gasteiger partial charge < -0.3 is 25.0 Å². The first-order chi connectivity index (χ1) is 14.5. The van der Waals surface area contributed by atoms with Gasteiger partial charge in [0.2, 0.25) is 0 Å². The number of carbonyl (C=O) groups is 2. The van der Waals surface area contributed by atoms with E-state index in [0.29, 0.717) is 30.4 Å². The van der Waals surface area contributed by atoms with Crippen LogP contribution in [0.25, 0.3) is 0 Å². The quantitative estimate of drug-likeness (QED) is 0.620. The average Bonchev–Trinajstić information content (AvgIpc) is 2.95. The third kappa shape index (κ3) is 6.22. The van der Waals surface area contributed by atoms with Gasteiger partial charge >= 0.3 is 0 Å². The van der Waals surface area contributed by atoms with E-state index in [2.05, 4.69) is 10.6 Å². The zero-order valence-corrected chi connectivity index (χ0v) is 17.6. The Hall–Kier alpha value is -3.06. The number of ether oxygens (including phenoxy) is 2. The molecule has 0 radical (unpaired) electrons. The van der Waals surface area contributed by atoms with Gasteiger partial charge in [-0.3, -0.25) is 9.59 Å². The second-order valence-corrected chi connectivity index (χ2v) is 7.48. The second-order valence-electron chi connectivity index (χ2n) is 7.48. The average molecular weight is 413 g/mol. The summed E-state index contributed by atoms with van der Waals surface area (Å²) >= 11 is 0. The Morgan fingerprint density at radius 1 is 0.967 bits per heavy atom. The van der Waals surface area contributed by atoms with E-state index < -0.39 is 0 Å². The minimum atomic E-state index is -0.142. The summed E-state index contributed by atoms with van der Waals surface area (Å²) < 4.78 is 11.3. The summed E-state index contributed by atoms with van der Waals surface area (Å²) in [6.45, 7) is 6.39. The minimum Gasteiger partial charge on any atom is -0.490 e. The monoisotopic (exact) mass is 412 g/mol. The van der Waals surface area contributed by atoms with Crippen molar-refractivity contribution in [2.75, 3.05) is 43.5 Å². The molecule has 3 rings (SSSR count). The number of aryl methyl sites for hydroxylation is 1. The van der Waals surface area contributed by atoms with Crippen LogP contribution < -0.4 is 25.0 Å². The van der Waals surface area contributed by atoms with Gasteiger partial charge in [-0.15, -0.1) is 0 Å². The van der Waals surface area contributed by atoms with Gasteiger partial charge in [0.25, 0.3) is 11.8 Å². The van der Waals surface area contributed by atoms with Crippen molar-refractivity contribution in [1.29, 1.82) is 0 Å². The number of hydrogen-bond donors (Lipinski definition) is 3. The standard InChI is InChI=1S/C23H29N3O4/c1-3-11-26(16-23(28)25-19-8-5-4-7-17(19)2)15-22(27)24-18-9-10-20-21(14-18)30-13-6-12-29-20/h4-5,7-10,14H,3,6,11-13,15-16H2,1-2H3,(H,24,27)(H,25,28)/p+1. The summed E-state index contributed by atoms with van der Waals surface area (Å²) in [5.41, 5.74) is 2.47. The van der Waals surface area contributed by atoms with Crippen molar-refractivity contribution in [3.05, 3.63) is 48.0 Å². The van der Waals surface area contributed by atoms with Crippen molar-refractivity contribution in [3.8, 4) is 11.5 Å². The third-order valence-corrected chi connectivity index (χ3v) is 4.88. The Kier molecular flexibility index (Phi) is 7.68. The van der Waals surface area contributed by atoms with E-state index in [1.165, 1.54) is 0 Å². The molecule has 1 heterocycles. The summed E-state index contributed by atoms with van der Waals surface area (Å²) in [6, 6.07) is 13.0. The molecule has 0 saturated heterocycles. The molecule has 2 amide bonds. The highest BCUT2D eigenvalue weighted by molar-refractivity contribution is 5.93. The fourth-order valence-electron chi connectivity index (χ4n) is 3.40. The fourth-order valence-corrected chi connectivity index (χ4v) is 3.40. The third-order valence-electron chi connectivity index (χ3n) is 4.88. The van der Waals surface area contributed by atoms with Gasteiger partial charge in [-0.2, -0.15) is 0 Å². The van der Waals surface area contributed by atoms with Crippen LogP contribution in [-0.2, 0) is 9.59 Å². The summed E-state index contributed by atoms with van der Waals surface area (Å²) in [7, 11) is 0. The Bertz CT molecular complexity index is 885. The normalized spacial score (nSPS) is 13.8. The molecule has 7 nitrogen and oxygen atoms in total. The van der Waals surface area contributed by atoms with E-state index in [-0.39, 0.29) is 24.9 Å². The van der Waals surface area contributed by atoms with Gasteiger partial charge in [-0.25, -0.2) is 0 Å². The SMILES string of the molecule is CCC[NH+](CC(=O)Nc1ccc2c(c1)OCCCO2)CC(=O)Nc1ccccc1C. The molecule has 0 aliphatic carbocycles. The zero-order chi connectivity index (χ0) is 21.3. The van der Waals surface area contributed by atoms with Crippen molar-refractivity contribution in [2.45, 2.75) is 26.7 Å². The molecule has 7 heteroatoms. The number of rotatable bonds is 8. The predicted molar refractivity (Wildman–Crippen MR) is 116 cm³/mol. The molecule has 1 unspecified atom stereocenters. The minimum absolute atomic E-state index is 0.101. The molecular formula is C23H30N3O4+. The van der Waals surface area contributed by atoms with Crippen LogP contribution in [0.3, 0.4) is 0 Å². The number of anilines is 2. The highest BCUT2D eigenvalue weighted by atomic mass is 16.5. The van der Waals surface area contributed by atoms with Crippen molar-refractivity contribution in [1.82, 2.24) is 0 Å². The molecule has 1 aliphatic heterocycles. The number of para-hydroxylation sites is 1. The number of benzene rings is 2. The van der Waals surface area contributed by atoms with E-state index >= 15 is 0 Å². The highest BCUT2D eigenvalue weighted by Crippen LogP contribution is 2.32. The van der Waals surface area contributed by atoms with Gasteiger partial charge in [-0.05, 0) is 37.1 Å². The number of nitrogens with one attached hydrogen (secondary N) is 3. The maximum absolute atomic E-state index is 12.6. The molecule has 2 aromatic carbocycles. The van der Waals surface area contributed by atoms with Crippen LogP contribution in [-0.4, -0.2) is 44.7 Å². The van der Waals surface area contributed by atoms with Crippen LogP contribution in [0.4, 0.5) is 11.4 Å². The number of amides is 2. The molecule has 2 aromatic rings. The van der Waals surface area contributed by atoms with Crippen LogP contribution in [0.2, 0.25) is 0 Å². The van der Waals surface area contributed by atoms with Gasteiger partial charge in [0.05, 0.1) is 19.8 Å². The number of carbonyl (C=O) groups excluding carboxylic acids is 2. The smallest absolute Gasteiger partial charge is 0.279 e. The second kappa shape index (κ2) is 10.6. The van der Waals surface area contributed by atoms with Crippen LogP contribution in [0.5, 0.6) is 11.5 Å². The van der Waals surface area contributed by atoms with Crippen molar-refractivity contribution >= 4 is 23.2 Å². The Labute approximate surface area is 177 Å². The lowest BCUT2D eigenvalue weighted by molar-refractivity contribution is -0.883. The van der Waals surface area contributed by atoms with Crippen molar-refractivity contribution < 1.29 is 24.0 Å². The van der Waals surface area contributed by atoms with Crippen molar-refractivity contribution in [3.63, 3.8) is 0 Å². The molecular weight excluding hydrogens is 382 g/mol. The Morgan fingerprint density at radius 2 is 1.67 bits per heavy atom. The van der Waals surface area contributed by atoms with E-state index in [4.69, 9.17) is 9.47 Å². The van der Waals surface area contributed by atoms with E-state index in [1.807, 2.05) is 44.2 Å². The largest absolute Gasteiger partial charge is 0.490 e. The Morgan fingerprint density at radius 3 is 2.40 bits per heavy atom. The summed E-state index contributed by atoms with van der Waals surface area (Å²) in [4.78, 5) is 26.0. The van der Waals surface area contributed by atoms with Crippen LogP contribution in [0.1, 0.15) is 25.3 Å². The van der Waals surface area contributed by atoms with Gasteiger partial charge in [-0.1, -0.05) is 25.1 Å². The summed E-state index contributed by atoms with van der Waals surface area (Å²) in [5, 5.41) is 5.85. The molecule has 0 aromatic heterocycles. The molecule has 0 saturated carbocycles. The molecule has 3 N–H and O–H groups in total. The summed E-state index contributed by atoms with van der Waals surface area (Å²) in [6.07, 6.45) is 1.71. The van der Waals surface area contributed by atoms with Crippen LogP contribution >= 0.6 is 0 Å². The highest BCUT2D eigenvalue weighted by Gasteiger charge is 2.19. The van der Waals surface area contributed by atoms with Gasteiger partial charge in [0.1, 0.15) is 0 Å². The van der Waals surface area contributed by atoms with Gasteiger partial charge in [0.15, 0.2) is 24.6 Å². The number of fused-ring (bicyclic) bond motifs is 1. The predicted octanol–water partition coefficient (Wildman–Crippen LogP) is 2.03. The van der Waals surface area contributed by atoms with E-state index in [9.17, 15) is 9.59 Å². The Balaban J connectivity index is 1.56. The summed E-state index contributed by atoms with van der Waals surface area (Å²) in [5.74, 6) is 1.09. The topological polar surface area (TPSA) is 81.1 Å². The maximum Gasteiger partial charge on any atom is 0.279 e. The lowest BCUT2D eigenvalue weighted by Gasteiger charge is -2.18. The first-order valence-corrected chi connectivity index (χ1v) is 10.4. The molecule has 0 fully saturated rings. The first kappa shape index (κ1) is 21.6. The van der Waals surface area contributed by atoms with Crippen LogP contribution in [0, 0.1) is 6.92 Å². The zero-order valence-electron chi connectivity index (χ0n) is 17.6. The lowest BCUT2D eigenvalue weighted by Crippen LogP contribution is -3.14. The lowest BCUT2D eigenvalue weighted by atomic mass is 10.2. The number of hydrogen-bond acceptors (Lipinski definition) is 4. The van der Waals surface area contributed by atoms with Crippen molar-refractivity contribution in [2.24, 2.45) is 0 Å². The van der Waals surface area contributed by atoms with E-state index in [0.717, 1.165) is 35.5 Å². The van der Waals surface area contributed by atoms with Crippen LogP contribution in [0.15, 0.2) is 42.5 Å². The molecule has 30 heavy (non-hydrogen) atoms. The van der Waals surface area contributed by atoms with Gasteiger partial charge in [0, 0.05) is 23.9 Å². The van der Waals surface area contributed by atoms with E-state index in [1.54, 1.807) is 12.1 Å². The number of quaternary nitrogens is 1. The first-order valence-electron chi connectivity index (χ1n) is 10.4. The molecule has 0 bridgehead atoms. The molecule has 0 spiro atoms. The molecule has 1 atom stereocenters. The fraction of sp³-hybridized carbons (Fsp3) is 0.391. The maximum atomic E-state index is 12.6. The molecule has 1 aliphatic rings. The molecule has 160 valence electrons.